The van der Waals surface area contributed by atoms with Crippen molar-refractivity contribution < 1.29 is 10.2 Å². The number of hydrogen-bond donors (Lipinski definition) is 2. The van der Waals surface area contributed by atoms with Crippen molar-refractivity contribution in [3.05, 3.63) is 0 Å². The maximum atomic E-state index is 10.3. The second kappa shape index (κ2) is 8.34. The van der Waals surface area contributed by atoms with Crippen LogP contribution in [0.1, 0.15) is 78.6 Å². The topological polar surface area (TPSA) is 40.5 Å². The first-order chi connectivity index (χ1) is 10.9. The van der Waals surface area contributed by atoms with Crippen LogP contribution >= 0.6 is 0 Å². The monoisotopic (exact) mass is 368 g/mol. The van der Waals surface area contributed by atoms with Crippen molar-refractivity contribution in [1.82, 2.24) is 0 Å². The molecule has 2 nitrogen and oxygen atoms in total. The van der Waals surface area contributed by atoms with E-state index in [9.17, 15) is 10.2 Å². The third-order valence-electron chi connectivity index (χ3n) is 9.29. The van der Waals surface area contributed by atoms with Gasteiger partial charge in [0.15, 0.2) is 0 Å². The van der Waals surface area contributed by atoms with Crippen LogP contribution in [0, 0.1) is 40.4 Å². The molecule has 4 aliphatic carbocycles. The minimum atomic E-state index is -0.140. The number of hydrogen-bond acceptors (Lipinski definition) is 2. The van der Waals surface area contributed by atoms with Crippen molar-refractivity contribution in [3.63, 3.8) is 0 Å². The second-order valence-electron chi connectivity index (χ2n) is 10.1. The fourth-order valence-corrected chi connectivity index (χ4v) is 8.07. The number of aliphatic hydroxyl groups is 2. The van der Waals surface area contributed by atoms with Gasteiger partial charge in [-0.05, 0) is 105 Å². The molecule has 0 bridgehead atoms. The molecule has 0 aromatic heterocycles. The molecule has 1 unspecified atom stereocenters. The van der Waals surface area contributed by atoms with Gasteiger partial charge in [0.05, 0.1) is 12.2 Å². The molecule has 0 amide bonds. The number of aliphatic hydroxyl groups excluding tert-OH is 2. The van der Waals surface area contributed by atoms with Crippen molar-refractivity contribution in [2.24, 2.45) is 40.4 Å². The molecule has 0 saturated heterocycles. The van der Waals surface area contributed by atoms with Crippen LogP contribution in [-0.4, -0.2) is 81.5 Å². The van der Waals surface area contributed by atoms with Crippen molar-refractivity contribution in [3.8, 4) is 0 Å². The van der Waals surface area contributed by atoms with Crippen LogP contribution in [-0.2, 0) is 0 Å². The SMILES string of the molecule is CC(O)[C@H]1CC[C@H]2[C@@H]3CC[C@@H]4C[C@H](O)CC[C@]4(C)[C@H]3CC[C@]12C.[NaH].[NaH]. The molecule has 0 aromatic carbocycles. The summed E-state index contributed by atoms with van der Waals surface area (Å²) >= 11 is 0. The summed E-state index contributed by atoms with van der Waals surface area (Å²) in [7, 11) is 0. The van der Waals surface area contributed by atoms with Gasteiger partial charge in [-0.3, -0.25) is 0 Å². The van der Waals surface area contributed by atoms with Gasteiger partial charge < -0.3 is 10.2 Å². The molecule has 136 valence electrons. The average Bonchev–Trinajstić information content (AvgIpc) is 2.85. The number of rotatable bonds is 1. The van der Waals surface area contributed by atoms with Gasteiger partial charge in [-0.25, -0.2) is 0 Å². The first kappa shape index (κ1) is 23.2. The molecular formula is C21H38Na2O2. The molecule has 4 heteroatoms. The summed E-state index contributed by atoms with van der Waals surface area (Å²) < 4.78 is 0. The molecule has 9 atom stereocenters. The summed E-state index contributed by atoms with van der Waals surface area (Å²) in [5, 5.41) is 20.4. The molecule has 0 radical (unpaired) electrons. The molecule has 0 spiro atoms. The van der Waals surface area contributed by atoms with Crippen molar-refractivity contribution in [2.45, 2.75) is 90.8 Å². The van der Waals surface area contributed by atoms with Crippen LogP contribution < -0.4 is 0 Å². The Morgan fingerprint density at radius 1 is 0.840 bits per heavy atom. The molecule has 25 heavy (non-hydrogen) atoms. The van der Waals surface area contributed by atoms with Crippen LogP contribution in [0.15, 0.2) is 0 Å². The van der Waals surface area contributed by atoms with Crippen LogP contribution in [0.4, 0.5) is 0 Å². The van der Waals surface area contributed by atoms with E-state index in [1.165, 1.54) is 44.9 Å². The van der Waals surface area contributed by atoms with E-state index in [0.29, 0.717) is 16.7 Å². The van der Waals surface area contributed by atoms with E-state index >= 15 is 0 Å². The van der Waals surface area contributed by atoms with Crippen molar-refractivity contribution in [2.75, 3.05) is 0 Å². The molecule has 4 rings (SSSR count). The van der Waals surface area contributed by atoms with Crippen LogP contribution in [0.3, 0.4) is 0 Å². The van der Waals surface area contributed by atoms with E-state index < -0.39 is 0 Å². The Kier molecular flexibility index (Phi) is 7.74. The zero-order valence-corrected chi connectivity index (χ0v) is 15.3. The molecule has 0 aliphatic heterocycles. The second-order valence-corrected chi connectivity index (χ2v) is 10.1. The standard InChI is InChI=1S/C21H36O2.2Na.2H/c1-13(22)17-6-7-18-16-5-4-14-12-15(23)8-10-20(14,2)19(16)9-11-21(17,18)3;;;;/h13-19,22-23H,4-12H2,1-3H3;;;;/t13?,14-,15-,16+,17-,18+,19+,20+,21-;;;;/m1..../s1. The van der Waals surface area contributed by atoms with E-state index in [2.05, 4.69) is 13.8 Å². The van der Waals surface area contributed by atoms with E-state index in [4.69, 9.17) is 0 Å². The van der Waals surface area contributed by atoms with Gasteiger partial charge in [-0.15, -0.1) is 0 Å². The normalized spacial score (nSPS) is 52.7. The molecule has 2 N–H and O–H groups in total. The quantitative estimate of drug-likeness (QED) is 0.699. The summed E-state index contributed by atoms with van der Waals surface area (Å²) in [5.74, 6) is 3.87. The molecule has 0 heterocycles. The van der Waals surface area contributed by atoms with Gasteiger partial charge in [0.25, 0.3) is 0 Å². The molecular weight excluding hydrogens is 330 g/mol. The van der Waals surface area contributed by atoms with Gasteiger partial charge in [0.1, 0.15) is 0 Å². The maximum absolute atomic E-state index is 10.3. The first-order valence-electron chi connectivity index (χ1n) is 10.2. The third-order valence-corrected chi connectivity index (χ3v) is 9.29. The van der Waals surface area contributed by atoms with Crippen LogP contribution in [0.25, 0.3) is 0 Å². The Morgan fingerprint density at radius 2 is 1.48 bits per heavy atom. The summed E-state index contributed by atoms with van der Waals surface area (Å²) in [5.41, 5.74) is 0.860. The molecule has 4 aliphatic rings. The van der Waals surface area contributed by atoms with Gasteiger partial charge >= 0.3 is 59.1 Å². The van der Waals surface area contributed by atoms with Gasteiger partial charge in [0, 0.05) is 0 Å². The Bertz CT molecular complexity index is 471. The first-order valence-corrected chi connectivity index (χ1v) is 10.2. The fraction of sp³-hybridized carbons (Fsp3) is 1.00. The summed E-state index contributed by atoms with van der Waals surface area (Å²) in [6.45, 7) is 7.08. The molecule has 0 aromatic rings. The fourth-order valence-electron chi connectivity index (χ4n) is 8.07. The van der Waals surface area contributed by atoms with Gasteiger partial charge in [0.2, 0.25) is 0 Å². The van der Waals surface area contributed by atoms with E-state index in [0.717, 1.165) is 36.5 Å². The average molecular weight is 369 g/mol. The van der Waals surface area contributed by atoms with E-state index in [1.807, 2.05) is 6.92 Å². The number of fused-ring (bicyclic) bond motifs is 5. The summed E-state index contributed by atoms with van der Waals surface area (Å²) in [6.07, 6.45) is 11.1. The van der Waals surface area contributed by atoms with Crippen LogP contribution in [0.5, 0.6) is 0 Å². The van der Waals surface area contributed by atoms with Gasteiger partial charge in [-0.1, -0.05) is 13.8 Å². The van der Waals surface area contributed by atoms with Crippen molar-refractivity contribution in [1.29, 1.82) is 0 Å². The van der Waals surface area contributed by atoms with Crippen molar-refractivity contribution >= 4 is 59.1 Å². The van der Waals surface area contributed by atoms with Crippen LogP contribution in [0.2, 0.25) is 0 Å². The Hall–Kier alpha value is 1.92. The Balaban J connectivity index is 0.00000113. The zero-order chi connectivity index (χ0) is 16.4. The minimum absolute atomic E-state index is 0. The molecule has 4 fully saturated rings. The van der Waals surface area contributed by atoms with E-state index in [1.54, 1.807) is 0 Å². The van der Waals surface area contributed by atoms with Gasteiger partial charge in [-0.2, -0.15) is 0 Å². The Labute approximate surface area is 198 Å². The summed E-state index contributed by atoms with van der Waals surface area (Å²) in [4.78, 5) is 0. The molecule has 4 saturated carbocycles. The van der Waals surface area contributed by atoms with E-state index in [-0.39, 0.29) is 71.3 Å². The zero-order valence-electron chi connectivity index (χ0n) is 15.3. The Morgan fingerprint density at radius 3 is 2.16 bits per heavy atom. The third kappa shape index (κ3) is 3.63. The summed E-state index contributed by atoms with van der Waals surface area (Å²) in [6, 6.07) is 0. The predicted molar refractivity (Wildman–Crippen MR) is 107 cm³/mol. The predicted octanol–water partition coefficient (Wildman–Crippen LogP) is 3.09.